The first kappa shape index (κ1) is 6.48. The summed E-state index contributed by atoms with van der Waals surface area (Å²) in [6.07, 6.45) is 0. The minimum absolute atomic E-state index is 0.555. The molecular weight excluding hydrogens is 162 g/mol. The lowest BCUT2D eigenvalue weighted by atomic mass is 10.3. The van der Waals surface area contributed by atoms with Crippen molar-refractivity contribution in [2.45, 2.75) is 4.90 Å². The summed E-state index contributed by atoms with van der Waals surface area (Å²) in [6.45, 7) is 0. The third-order valence-electron chi connectivity index (χ3n) is 1.43. The van der Waals surface area contributed by atoms with Crippen LogP contribution in [0, 0.1) is 0 Å². The third-order valence-corrected chi connectivity index (χ3v) is 1.79. The van der Waals surface area contributed by atoms with Gasteiger partial charge in [-0.25, -0.2) is 4.63 Å². The van der Waals surface area contributed by atoms with E-state index in [9.17, 15) is 0 Å². The number of anilines is 1. The first-order valence-electron chi connectivity index (χ1n) is 2.99. The summed E-state index contributed by atoms with van der Waals surface area (Å²) in [7, 11) is 0. The Morgan fingerprint density at radius 2 is 2.00 bits per heavy atom. The molecule has 1 aromatic carbocycles. The normalized spacial score (nSPS) is 10.6. The molecule has 0 aliphatic heterocycles. The van der Waals surface area contributed by atoms with E-state index in [0.717, 1.165) is 4.90 Å². The van der Waals surface area contributed by atoms with Crippen molar-refractivity contribution < 1.29 is 4.63 Å². The van der Waals surface area contributed by atoms with E-state index < -0.39 is 0 Å². The Hall–Kier alpha value is -1.23. The zero-order chi connectivity index (χ0) is 7.84. The van der Waals surface area contributed by atoms with Gasteiger partial charge in [0.2, 0.25) is 0 Å². The molecule has 5 heteroatoms. The van der Waals surface area contributed by atoms with Gasteiger partial charge in [0.25, 0.3) is 0 Å². The van der Waals surface area contributed by atoms with Gasteiger partial charge in [0, 0.05) is 4.90 Å². The number of nitrogen functional groups attached to an aromatic ring is 1. The molecule has 1 heterocycles. The summed E-state index contributed by atoms with van der Waals surface area (Å²) in [5, 5.41) is 7.26. The molecule has 0 unspecified atom stereocenters. The fourth-order valence-electron chi connectivity index (χ4n) is 0.873. The molecule has 0 spiro atoms. The molecule has 2 rings (SSSR count). The molecule has 0 amide bonds. The van der Waals surface area contributed by atoms with Gasteiger partial charge >= 0.3 is 0 Å². The van der Waals surface area contributed by atoms with Crippen LogP contribution < -0.4 is 5.73 Å². The van der Waals surface area contributed by atoms with Crippen molar-refractivity contribution in [2.75, 3.05) is 5.73 Å². The molecule has 0 radical (unpaired) electrons. The van der Waals surface area contributed by atoms with Gasteiger partial charge in [-0.2, -0.15) is 0 Å². The third kappa shape index (κ3) is 0.848. The molecule has 1 aromatic heterocycles. The van der Waals surface area contributed by atoms with Crippen molar-refractivity contribution in [1.29, 1.82) is 0 Å². The monoisotopic (exact) mass is 167 g/mol. The molecule has 0 saturated heterocycles. The van der Waals surface area contributed by atoms with E-state index in [1.54, 1.807) is 12.1 Å². The summed E-state index contributed by atoms with van der Waals surface area (Å²) in [6, 6.07) is 3.47. The number of thiol groups is 1. The van der Waals surface area contributed by atoms with Crippen molar-refractivity contribution in [2.24, 2.45) is 0 Å². The van der Waals surface area contributed by atoms with E-state index in [0.29, 0.717) is 16.7 Å². The van der Waals surface area contributed by atoms with Crippen molar-refractivity contribution in [1.82, 2.24) is 10.3 Å². The first-order chi connectivity index (χ1) is 5.29. The molecule has 4 nitrogen and oxygen atoms in total. The van der Waals surface area contributed by atoms with Gasteiger partial charge in [-0.15, -0.1) is 12.6 Å². The molecule has 2 aromatic rings. The van der Waals surface area contributed by atoms with Gasteiger partial charge in [0.05, 0.1) is 5.69 Å². The fraction of sp³-hybridized carbons (Fsp3) is 0. The molecule has 0 fully saturated rings. The van der Waals surface area contributed by atoms with Gasteiger partial charge < -0.3 is 5.73 Å². The zero-order valence-electron chi connectivity index (χ0n) is 5.48. The minimum Gasteiger partial charge on any atom is -0.397 e. The maximum absolute atomic E-state index is 5.57. The highest BCUT2D eigenvalue weighted by molar-refractivity contribution is 7.80. The molecule has 0 atom stereocenters. The largest absolute Gasteiger partial charge is 0.397 e. The van der Waals surface area contributed by atoms with Gasteiger partial charge in [-0.1, -0.05) is 0 Å². The molecule has 0 aliphatic carbocycles. The number of benzene rings is 1. The average molecular weight is 167 g/mol. The molecule has 11 heavy (non-hydrogen) atoms. The zero-order valence-corrected chi connectivity index (χ0v) is 6.38. The highest BCUT2D eigenvalue weighted by atomic mass is 32.1. The van der Waals surface area contributed by atoms with Crippen LogP contribution in [0.4, 0.5) is 5.69 Å². The maximum atomic E-state index is 5.57. The van der Waals surface area contributed by atoms with Crippen molar-refractivity contribution in [3.05, 3.63) is 12.1 Å². The van der Waals surface area contributed by atoms with Crippen LogP contribution >= 0.6 is 12.6 Å². The Kier molecular flexibility index (Phi) is 1.25. The lowest BCUT2D eigenvalue weighted by molar-refractivity contribution is 0.315. The van der Waals surface area contributed by atoms with Crippen LogP contribution in [0.2, 0.25) is 0 Å². The summed E-state index contributed by atoms with van der Waals surface area (Å²) in [4.78, 5) is 0.718. The van der Waals surface area contributed by atoms with Gasteiger partial charge in [0.15, 0.2) is 11.0 Å². The van der Waals surface area contributed by atoms with Crippen LogP contribution in [0.15, 0.2) is 21.7 Å². The second kappa shape index (κ2) is 2.13. The highest BCUT2D eigenvalue weighted by Crippen LogP contribution is 2.22. The van der Waals surface area contributed by atoms with E-state index >= 15 is 0 Å². The van der Waals surface area contributed by atoms with Crippen LogP contribution in [0.25, 0.3) is 11.0 Å². The van der Waals surface area contributed by atoms with E-state index in [4.69, 9.17) is 5.73 Å². The molecule has 0 bridgehead atoms. The summed E-state index contributed by atoms with van der Waals surface area (Å²) in [5.74, 6) is 0. The molecular formula is C6H5N3OS. The highest BCUT2D eigenvalue weighted by Gasteiger charge is 2.06. The number of fused-ring (bicyclic) bond motifs is 1. The quantitative estimate of drug-likeness (QED) is 0.455. The number of nitrogens with two attached hydrogens (primary N) is 1. The second-order valence-electron chi connectivity index (χ2n) is 2.14. The molecule has 0 saturated carbocycles. The Morgan fingerprint density at radius 3 is 2.73 bits per heavy atom. The number of rotatable bonds is 0. The average Bonchev–Trinajstić information content (AvgIpc) is 2.45. The van der Waals surface area contributed by atoms with E-state index in [1.165, 1.54) is 0 Å². The Bertz CT molecular complexity index is 362. The van der Waals surface area contributed by atoms with E-state index in [-0.39, 0.29) is 0 Å². The van der Waals surface area contributed by atoms with Crippen LogP contribution in [-0.4, -0.2) is 10.3 Å². The lowest BCUT2D eigenvalue weighted by Gasteiger charge is -1.92. The standard InChI is InChI=1S/C6H5N3OS/c7-3-1-2-4(11)6-5(3)8-10-9-6/h1-2,11H,7H2. The summed E-state index contributed by atoms with van der Waals surface area (Å²) in [5.41, 5.74) is 7.30. The van der Waals surface area contributed by atoms with Gasteiger partial charge in [-0.3, -0.25) is 0 Å². The first-order valence-corrected chi connectivity index (χ1v) is 3.43. The topological polar surface area (TPSA) is 64.9 Å². The van der Waals surface area contributed by atoms with E-state index in [2.05, 4.69) is 27.6 Å². The smallest absolute Gasteiger partial charge is 0.159 e. The van der Waals surface area contributed by atoms with E-state index in [1.807, 2.05) is 0 Å². The number of aromatic nitrogens is 2. The van der Waals surface area contributed by atoms with Crippen molar-refractivity contribution in [3.8, 4) is 0 Å². The summed E-state index contributed by atoms with van der Waals surface area (Å²) < 4.78 is 4.50. The maximum Gasteiger partial charge on any atom is 0.159 e. The molecule has 56 valence electrons. The predicted molar refractivity (Wildman–Crippen MR) is 43.5 cm³/mol. The van der Waals surface area contributed by atoms with Crippen LogP contribution in [-0.2, 0) is 0 Å². The van der Waals surface area contributed by atoms with Crippen LogP contribution in [0.5, 0.6) is 0 Å². The van der Waals surface area contributed by atoms with Crippen molar-refractivity contribution >= 4 is 29.3 Å². The lowest BCUT2D eigenvalue weighted by Crippen LogP contribution is -1.86. The number of hydrogen-bond donors (Lipinski definition) is 2. The second-order valence-corrected chi connectivity index (χ2v) is 2.62. The predicted octanol–water partition coefficient (Wildman–Crippen LogP) is 1.09. The van der Waals surface area contributed by atoms with Gasteiger partial charge in [0.1, 0.15) is 0 Å². The Balaban J connectivity index is 2.96. The number of nitrogens with zero attached hydrogens (tertiary/aromatic N) is 2. The molecule has 0 aliphatic rings. The molecule has 2 N–H and O–H groups in total. The van der Waals surface area contributed by atoms with Crippen LogP contribution in [0.1, 0.15) is 0 Å². The number of hydrogen-bond acceptors (Lipinski definition) is 5. The van der Waals surface area contributed by atoms with Gasteiger partial charge in [-0.05, 0) is 22.4 Å². The Morgan fingerprint density at radius 1 is 1.27 bits per heavy atom. The Labute approximate surface area is 67.7 Å². The van der Waals surface area contributed by atoms with Crippen LogP contribution in [0.3, 0.4) is 0 Å². The summed E-state index contributed by atoms with van der Waals surface area (Å²) >= 11 is 4.15. The van der Waals surface area contributed by atoms with Crippen molar-refractivity contribution in [3.63, 3.8) is 0 Å². The minimum atomic E-state index is 0.555. The SMILES string of the molecule is Nc1ccc(S)c2nonc12. The fourth-order valence-corrected chi connectivity index (χ4v) is 1.09.